The second-order valence-electron chi connectivity index (χ2n) is 10.7. The van der Waals surface area contributed by atoms with Gasteiger partial charge < -0.3 is 0 Å². The van der Waals surface area contributed by atoms with Gasteiger partial charge in [0.15, 0.2) is 0 Å². The van der Waals surface area contributed by atoms with E-state index in [0.29, 0.717) is 28.3 Å². The number of carbonyl (C=O) groups excluding carboxylic acids is 1. The molecule has 1 spiro atoms. The van der Waals surface area contributed by atoms with Crippen LogP contribution in [0.2, 0.25) is 0 Å². The summed E-state index contributed by atoms with van der Waals surface area (Å²) >= 11 is 13.2. The maximum atomic E-state index is 13.3. The Kier molecular flexibility index (Phi) is 3.24. The molecule has 1 heterocycles. The molecule has 3 bridgehead atoms. The molecular formula is C22H28Cl2N2O. The first-order chi connectivity index (χ1) is 12.8. The van der Waals surface area contributed by atoms with Gasteiger partial charge in [0, 0.05) is 5.03 Å². The molecule has 5 fully saturated rings. The Morgan fingerprint density at radius 1 is 1.07 bits per heavy atom. The van der Waals surface area contributed by atoms with Crippen molar-refractivity contribution < 1.29 is 4.79 Å². The summed E-state index contributed by atoms with van der Waals surface area (Å²) in [5.41, 5.74) is 1.07. The van der Waals surface area contributed by atoms with Crippen LogP contribution in [0.15, 0.2) is 21.8 Å². The molecule has 146 valence electrons. The maximum Gasteiger partial charge on any atom is 0.268 e. The molecule has 3 nitrogen and oxygen atoms in total. The van der Waals surface area contributed by atoms with E-state index in [4.69, 9.17) is 23.2 Å². The Balaban J connectivity index is 1.38. The molecule has 1 aliphatic heterocycles. The normalized spacial score (nSPS) is 49.2. The highest BCUT2D eigenvalue weighted by Crippen LogP contribution is 2.76. The summed E-state index contributed by atoms with van der Waals surface area (Å²) in [7, 11) is 0. The molecule has 27 heavy (non-hydrogen) atoms. The van der Waals surface area contributed by atoms with Gasteiger partial charge in [0.1, 0.15) is 5.54 Å². The molecule has 0 N–H and O–H groups in total. The Hall–Kier alpha value is -0.670. The Morgan fingerprint density at radius 2 is 1.70 bits per heavy atom. The van der Waals surface area contributed by atoms with Crippen molar-refractivity contribution in [3.05, 3.63) is 21.8 Å². The van der Waals surface area contributed by atoms with E-state index >= 15 is 0 Å². The summed E-state index contributed by atoms with van der Waals surface area (Å²) < 4.78 is 0. The summed E-state index contributed by atoms with van der Waals surface area (Å²) in [6, 6.07) is 0.359. The van der Waals surface area contributed by atoms with E-state index in [1.807, 2.05) is 13.8 Å². The molecule has 6 rings (SSSR count). The summed E-state index contributed by atoms with van der Waals surface area (Å²) in [5.74, 6) is 3.73. The van der Waals surface area contributed by atoms with Gasteiger partial charge in [0.05, 0.1) is 16.8 Å². The molecule has 6 aliphatic rings. The summed E-state index contributed by atoms with van der Waals surface area (Å²) in [6.07, 6.45) is 9.88. The second kappa shape index (κ2) is 5.08. The fourth-order valence-corrected chi connectivity index (χ4v) is 8.48. The second-order valence-corrected chi connectivity index (χ2v) is 11.4. The van der Waals surface area contributed by atoms with Crippen LogP contribution in [0.5, 0.6) is 0 Å². The van der Waals surface area contributed by atoms with Gasteiger partial charge in [-0.2, -0.15) is 0 Å². The van der Waals surface area contributed by atoms with E-state index in [1.165, 1.54) is 32.1 Å². The topological polar surface area (TPSA) is 23.6 Å². The zero-order valence-electron chi connectivity index (χ0n) is 16.3. The third-order valence-electron chi connectivity index (χ3n) is 9.14. The van der Waals surface area contributed by atoms with Crippen LogP contribution in [0.4, 0.5) is 0 Å². The number of hydrogen-bond donors (Lipinski definition) is 0. The zero-order valence-corrected chi connectivity index (χ0v) is 17.9. The fraction of sp³-hybridized carbons (Fsp3) is 0.773. The van der Waals surface area contributed by atoms with Crippen molar-refractivity contribution in [3.63, 3.8) is 0 Å². The van der Waals surface area contributed by atoms with Crippen LogP contribution in [-0.4, -0.2) is 27.5 Å². The van der Waals surface area contributed by atoms with E-state index in [0.717, 1.165) is 29.0 Å². The van der Waals surface area contributed by atoms with Gasteiger partial charge in [-0.1, -0.05) is 36.2 Å². The molecule has 5 heteroatoms. The largest absolute Gasteiger partial charge is 0.270 e. The van der Waals surface area contributed by atoms with Crippen molar-refractivity contribution in [1.29, 1.82) is 0 Å². The van der Waals surface area contributed by atoms with Crippen molar-refractivity contribution in [2.75, 3.05) is 0 Å². The number of amides is 1. The SMILES string of the molecule is CC1CC=C(N2N(C3C4CC5CC6CC3CC56C4)C(=O)C2(C)C)C(Cl)=C1Cl. The van der Waals surface area contributed by atoms with Crippen LogP contribution in [-0.2, 0) is 4.79 Å². The number of hydrazine groups is 1. The Bertz CT molecular complexity index is 791. The molecule has 4 saturated carbocycles. The molecule has 0 aromatic rings. The highest BCUT2D eigenvalue weighted by Gasteiger charge is 2.72. The molecule has 5 aliphatic carbocycles. The predicted octanol–water partition coefficient (Wildman–Crippen LogP) is 5.26. The molecule has 5 atom stereocenters. The standard InChI is InChI=1S/C22H28Cl2N2O/c1-11-4-5-16(18(24)17(11)23)26-21(2,3)20(27)25(26)19-12-6-14-8-15-7-13(19)10-22(14,15)9-12/h5,11-15,19H,4,6-10H2,1-3H3. The summed E-state index contributed by atoms with van der Waals surface area (Å²) in [4.78, 5) is 13.3. The molecule has 0 aromatic heterocycles. The lowest BCUT2D eigenvalue weighted by molar-refractivity contribution is -0.223. The van der Waals surface area contributed by atoms with Crippen LogP contribution in [0.3, 0.4) is 0 Å². The molecule has 1 saturated heterocycles. The monoisotopic (exact) mass is 406 g/mol. The van der Waals surface area contributed by atoms with Gasteiger partial charge in [-0.05, 0) is 87.4 Å². The Labute approximate surface area is 171 Å². The summed E-state index contributed by atoms with van der Waals surface area (Å²) in [5, 5.41) is 5.68. The summed E-state index contributed by atoms with van der Waals surface area (Å²) in [6.45, 7) is 6.15. The van der Waals surface area contributed by atoms with Crippen molar-refractivity contribution in [1.82, 2.24) is 10.0 Å². The van der Waals surface area contributed by atoms with Crippen LogP contribution in [0.25, 0.3) is 0 Å². The molecule has 0 aromatic carbocycles. The molecular weight excluding hydrogens is 379 g/mol. The Morgan fingerprint density at radius 3 is 2.33 bits per heavy atom. The van der Waals surface area contributed by atoms with Crippen LogP contribution >= 0.6 is 23.2 Å². The average Bonchev–Trinajstić information content (AvgIpc) is 3.00. The number of allylic oxidation sites excluding steroid dienone is 3. The third-order valence-corrected chi connectivity index (χ3v) is 10.2. The highest BCUT2D eigenvalue weighted by molar-refractivity contribution is 6.41. The lowest BCUT2D eigenvalue weighted by Crippen LogP contribution is -2.78. The van der Waals surface area contributed by atoms with Gasteiger partial charge in [0.2, 0.25) is 0 Å². The van der Waals surface area contributed by atoms with Gasteiger partial charge in [-0.25, -0.2) is 5.01 Å². The number of hydrogen-bond acceptors (Lipinski definition) is 2. The number of rotatable bonds is 2. The average molecular weight is 407 g/mol. The van der Waals surface area contributed by atoms with Crippen molar-refractivity contribution in [2.24, 2.45) is 35.0 Å². The van der Waals surface area contributed by atoms with Gasteiger partial charge >= 0.3 is 0 Å². The van der Waals surface area contributed by atoms with E-state index in [2.05, 4.69) is 23.0 Å². The first kappa shape index (κ1) is 17.2. The van der Waals surface area contributed by atoms with E-state index in [-0.39, 0.29) is 11.8 Å². The van der Waals surface area contributed by atoms with Crippen molar-refractivity contribution >= 4 is 29.1 Å². The van der Waals surface area contributed by atoms with Crippen LogP contribution in [0, 0.1) is 35.0 Å². The van der Waals surface area contributed by atoms with Crippen LogP contribution < -0.4 is 0 Å². The lowest BCUT2D eigenvalue weighted by Gasteiger charge is -2.62. The molecule has 1 amide bonds. The van der Waals surface area contributed by atoms with E-state index in [9.17, 15) is 4.79 Å². The molecule has 5 unspecified atom stereocenters. The number of nitrogens with zero attached hydrogens (tertiary/aromatic N) is 2. The van der Waals surface area contributed by atoms with E-state index in [1.54, 1.807) is 0 Å². The highest BCUT2D eigenvalue weighted by atomic mass is 35.5. The first-order valence-electron chi connectivity index (χ1n) is 10.6. The smallest absolute Gasteiger partial charge is 0.268 e. The minimum atomic E-state index is -0.543. The fourth-order valence-electron chi connectivity index (χ4n) is 7.95. The molecule has 0 radical (unpaired) electrons. The minimum Gasteiger partial charge on any atom is -0.270 e. The van der Waals surface area contributed by atoms with E-state index < -0.39 is 5.54 Å². The van der Waals surface area contributed by atoms with Gasteiger partial charge in [-0.15, -0.1) is 0 Å². The maximum absolute atomic E-state index is 13.3. The van der Waals surface area contributed by atoms with Gasteiger partial charge in [0.25, 0.3) is 5.91 Å². The quantitative estimate of drug-likeness (QED) is 0.623. The number of halogens is 2. The van der Waals surface area contributed by atoms with Crippen molar-refractivity contribution in [3.8, 4) is 0 Å². The third kappa shape index (κ3) is 1.85. The van der Waals surface area contributed by atoms with Crippen molar-refractivity contribution in [2.45, 2.75) is 70.9 Å². The minimum absolute atomic E-state index is 0.253. The predicted molar refractivity (Wildman–Crippen MR) is 107 cm³/mol. The van der Waals surface area contributed by atoms with Crippen LogP contribution in [0.1, 0.15) is 59.3 Å². The zero-order chi connectivity index (χ0) is 18.9. The lowest BCUT2D eigenvalue weighted by atomic mass is 9.56. The van der Waals surface area contributed by atoms with Gasteiger partial charge in [-0.3, -0.25) is 9.80 Å². The number of carbonyl (C=O) groups is 1. The first-order valence-corrected chi connectivity index (χ1v) is 11.4. The number of fused-ring (bicyclic) bond motifs is 2.